The van der Waals surface area contributed by atoms with E-state index < -0.39 is 17.0 Å². The first-order valence-corrected chi connectivity index (χ1v) is 10.3. The van der Waals surface area contributed by atoms with E-state index >= 15 is 0 Å². The van der Waals surface area contributed by atoms with Gasteiger partial charge < -0.3 is 9.47 Å². The summed E-state index contributed by atoms with van der Waals surface area (Å²) in [6.07, 6.45) is 6.23. The van der Waals surface area contributed by atoms with E-state index in [0.717, 1.165) is 35.9 Å². The van der Waals surface area contributed by atoms with Crippen molar-refractivity contribution in [2.45, 2.75) is 19.3 Å². The summed E-state index contributed by atoms with van der Waals surface area (Å²) >= 11 is 0.797. The van der Waals surface area contributed by atoms with Gasteiger partial charge in [-0.3, -0.25) is 19.3 Å². The molecule has 4 rings (SSSR count). The van der Waals surface area contributed by atoms with Crippen LogP contribution in [0, 0.1) is 5.82 Å². The number of carbonyl (C=O) groups is 3. The summed E-state index contributed by atoms with van der Waals surface area (Å²) < 4.78 is 15.8. The fraction of sp³-hybridized carbons (Fsp3) is 0.286. The number of nitrogens with zero attached hydrogens (tertiary/aromatic N) is 3. The minimum atomic E-state index is -0.494. The molecule has 29 heavy (non-hydrogen) atoms. The van der Waals surface area contributed by atoms with Crippen molar-refractivity contribution in [1.29, 1.82) is 0 Å². The predicted octanol–water partition coefficient (Wildman–Crippen LogP) is 3.67. The number of piperidine rings is 1. The van der Waals surface area contributed by atoms with E-state index in [1.165, 1.54) is 6.07 Å². The lowest BCUT2D eigenvalue weighted by molar-refractivity contribution is -0.136. The number of para-hydroxylation sites is 1. The molecule has 2 fully saturated rings. The number of hydrogen-bond donors (Lipinski definition) is 0. The summed E-state index contributed by atoms with van der Waals surface area (Å²) in [5.74, 6) is -1.09. The van der Waals surface area contributed by atoms with E-state index in [4.69, 9.17) is 0 Å². The fourth-order valence-corrected chi connectivity index (χ4v) is 4.35. The fourth-order valence-electron chi connectivity index (χ4n) is 3.53. The molecule has 2 saturated heterocycles. The average molecular weight is 413 g/mol. The molecule has 3 amide bonds. The van der Waals surface area contributed by atoms with Crippen molar-refractivity contribution in [3.63, 3.8) is 0 Å². The lowest BCUT2D eigenvalue weighted by Crippen LogP contribution is -2.44. The topological polar surface area (TPSA) is 62.6 Å². The molecule has 2 aliphatic rings. The molecule has 0 N–H and O–H groups in total. The Morgan fingerprint density at radius 3 is 2.59 bits per heavy atom. The van der Waals surface area contributed by atoms with E-state index in [1.807, 2.05) is 0 Å². The van der Waals surface area contributed by atoms with Gasteiger partial charge in [-0.2, -0.15) is 0 Å². The van der Waals surface area contributed by atoms with Crippen LogP contribution < -0.4 is 0 Å². The van der Waals surface area contributed by atoms with Gasteiger partial charge in [0, 0.05) is 25.0 Å². The highest BCUT2D eigenvalue weighted by atomic mass is 32.2. The lowest BCUT2D eigenvalue weighted by Gasteiger charge is -2.27. The third kappa shape index (κ3) is 3.98. The smallest absolute Gasteiger partial charge is 0.294 e. The predicted molar refractivity (Wildman–Crippen MR) is 109 cm³/mol. The Kier molecular flexibility index (Phi) is 5.53. The summed E-state index contributed by atoms with van der Waals surface area (Å²) in [5, 5.41) is -0.462. The zero-order valence-electron chi connectivity index (χ0n) is 15.7. The Labute approximate surface area is 172 Å². The van der Waals surface area contributed by atoms with Gasteiger partial charge in [0.25, 0.3) is 11.1 Å². The van der Waals surface area contributed by atoms with Gasteiger partial charge in [-0.05, 0) is 61.4 Å². The van der Waals surface area contributed by atoms with E-state index in [1.54, 1.807) is 52.1 Å². The second kappa shape index (κ2) is 8.24. The molecule has 1 aromatic heterocycles. The third-order valence-corrected chi connectivity index (χ3v) is 5.95. The Balaban J connectivity index is 1.54. The van der Waals surface area contributed by atoms with Crippen LogP contribution in [0.5, 0.6) is 0 Å². The van der Waals surface area contributed by atoms with Gasteiger partial charge in [-0.1, -0.05) is 12.1 Å². The normalized spacial score (nSPS) is 18.7. The third-order valence-electron chi connectivity index (χ3n) is 5.05. The van der Waals surface area contributed by atoms with Crippen LogP contribution in [0.1, 0.15) is 25.0 Å². The first kappa shape index (κ1) is 19.4. The van der Waals surface area contributed by atoms with Gasteiger partial charge in [-0.15, -0.1) is 0 Å². The van der Waals surface area contributed by atoms with E-state index in [9.17, 15) is 18.8 Å². The number of aromatic nitrogens is 1. The highest BCUT2D eigenvalue weighted by molar-refractivity contribution is 8.18. The molecular weight excluding hydrogens is 393 g/mol. The number of carbonyl (C=O) groups excluding carboxylic acids is 3. The summed E-state index contributed by atoms with van der Waals surface area (Å²) in [4.78, 5) is 40.4. The van der Waals surface area contributed by atoms with Crippen LogP contribution in [0.2, 0.25) is 0 Å². The zero-order valence-corrected chi connectivity index (χ0v) is 16.5. The van der Waals surface area contributed by atoms with Crippen molar-refractivity contribution in [3.8, 4) is 5.69 Å². The van der Waals surface area contributed by atoms with Crippen molar-refractivity contribution in [2.75, 3.05) is 19.6 Å². The lowest BCUT2D eigenvalue weighted by atomic mass is 10.1. The quantitative estimate of drug-likeness (QED) is 0.718. The molecule has 6 nitrogen and oxygen atoms in total. The minimum absolute atomic E-state index is 0.206. The van der Waals surface area contributed by atoms with E-state index in [-0.39, 0.29) is 17.4 Å². The number of imide groups is 1. The van der Waals surface area contributed by atoms with Crippen molar-refractivity contribution in [3.05, 3.63) is 59.0 Å². The summed E-state index contributed by atoms with van der Waals surface area (Å²) in [6.45, 7) is 1.10. The number of rotatable bonds is 4. The number of halogens is 1. The Morgan fingerprint density at radius 2 is 1.83 bits per heavy atom. The molecule has 2 aliphatic heterocycles. The molecule has 0 spiro atoms. The molecule has 3 heterocycles. The molecule has 0 bridgehead atoms. The van der Waals surface area contributed by atoms with Gasteiger partial charge in [0.2, 0.25) is 5.91 Å². The van der Waals surface area contributed by atoms with Gasteiger partial charge >= 0.3 is 0 Å². The Bertz CT molecular complexity index is 995. The molecule has 0 radical (unpaired) electrons. The molecule has 0 saturated carbocycles. The van der Waals surface area contributed by atoms with Crippen LogP contribution in [0.25, 0.3) is 11.8 Å². The number of likely N-dealkylation sites (tertiary alicyclic amines) is 1. The second-order valence-electron chi connectivity index (χ2n) is 6.96. The Hall–Kier alpha value is -2.87. The van der Waals surface area contributed by atoms with E-state index in [2.05, 4.69) is 0 Å². The zero-order chi connectivity index (χ0) is 20.4. The van der Waals surface area contributed by atoms with Gasteiger partial charge in [-0.25, -0.2) is 4.39 Å². The van der Waals surface area contributed by atoms with Crippen molar-refractivity contribution < 1.29 is 18.8 Å². The Morgan fingerprint density at radius 1 is 1.07 bits per heavy atom. The highest BCUT2D eigenvalue weighted by Crippen LogP contribution is 2.33. The molecule has 2 aromatic rings. The molecule has 150 valence electrons. The van der Waals surface area contributed by atoms with Crippen LogP contribution >= 0.6 is 11.8 Å². The number of amides is 3. The molecule has 0 aliphatic carbocycles. The van der Waals surface area contributed by atoms with Crippen LogP contribution in [0.15, 0.2) is 47.5 Å². The van der Waals surface area contributed by atoms with Crippen LogP contribution in [0.3, 0.4) is 0 Å². The number of hydrogen-bond acceptors (Lipinski definition) is 4. The van der Waals surface area contributed by atoms with Crippen LogP contribution in [-0.2, 0) is 9.59 Å². The maximum absolute atomic E-state index is 14.1. The van der Waals surface area contributed by atoms with Crippen molar-refractivity contribution in [1.82, 2.24) is 14.4 Å². The monoisotopic (exact) mass is 413 g/mol. The second-order valence-corrected chi connectivity index (χ2v) is 7.96. The first-order chi connectivity index (χ1) is 14.0. The van der Waals surface area contributed by atoms with Gasteiger partial charge in [0.1, 0.15) is 12.4 Å². The molecule has 0 unspecified atom stereocenters. The molecule has 0 atom stereocenters. The average Bonchev–Trinajstić information content (AvgIpc) is 3.29. The summed E-state index contributed by atoms with van der Waals surface area (Å²) in [6, 6.07) is 9.80. The van der Waals surface area contributed by atoms with E-state index in [0.29, 0.717) is 24.5 Å². The summed E-state index contributed by atoms with van der Waals surface area (Å²) in [7, 11) is 0. The number of benzene rings is 1. The summed E-state index contributed by atoms with van der Waals surface area (Å²) in [5.41, 5.74) is 0.922. The first-order valence-electron chi connectivity index (χ1n) is 9.50. The standard InChI is InChI=1S/C21H20FN3O3S/c22-16-8-2-3-9-17(16)24-12-6-7-15(24)13-18-20(27)25(21(28)29-18)14-19(26)23-10-4-1-5-11-23/h2-3,6-9,12-13H,1,4-5,10-11,14H2. The van der Waals surface area contributed by atoms with Gasteiger partial charge in [0.05, 0.1) is 10.6 Å². The van der Waals surface area contributed by atoms with Gasteiger partial charge in [0.15, 0.2) is 0 Å². The SMILES string of the molecule is O=C(CN1C(=O)SC(=Cc2cccn2-c2ccccc2F)C1=O)N1CCCCC1. The minimum Gasteiger partial charge on any atom is -0.341 e. The van der Waals surface area contributed by atoms with Crippen molar-refractivity contribution in [2.24, 2.45) is 0 Å². The largest absolute Gasteiger partial charge is 0.341 e. The molecule has 8 heteroatoms. The highest BCUT2D eigenvalue weighted by Gasteiger charge is 2.37. The van der Waals surface area contributed by atoms with Crippen LogP contribution in [-0.4, -0.2) is 51.1 Å². The van der Waals surface area contributed by atoms with Crippen molar-refractivity contribution >= 4 is 34.9 Å². The molecule has 1 aromatic carbocycles. The van der Waals surface area contributed by atoms with Crippen LogP contribution in [0.4, 0.5) is 9.18 Å². The maximum atomic E-state index is 14.1. The maximum Gasteiger partial charge on any atom is 0.294 e. The molecular formula is C21H20FN3O3S. The number of thioether (sulfide) groups is 1.